The van der Waals surface area contributed by atoms with Crippen LogP contribution in [-0.4, -0.2) is 34.3 Å². The number of aromatic amines is 1. The van der Waals surface area contributed by atoms with Crippen molar-refractivity contribution in [1.29, 1.82) is 0 Å². The molecule has 1 aromatic carbocycles. The largest absolute Gasteiger partial charge is 0.267 e. The van der Waals surface area contributed by atoms with Crippen LogP contribution < -0.4 is 0 Å². The monoisotopic (exact) mass is 447 g/mol. The number of hydrogen-bond acceptors (Lipinski definition) is 4. The average Bonchev–Trinajstić information content (AvgIpc) is 3.31. The molecule has 0 unspecified atom stereocenters. The zero-order valence-electron chi connectivity index (χ0n) is 16.1. The molecule has 4 aromatic rings. The number of benzene rings is 1. The number of nitrogens with one attached hydrogen (secondary N) is 1. The van der Waals surface area contributed by atoms with E-state index in [0.29, 0.717) is 27.9 Å². The van der Waals surface area contributed by atoms with Crippen LogP contribution in [0.25, 0.3) is 5.69 Å². The van der Waals surface area contributed by atoms with Gasteiger partial charge in [0.05, 0.1) is 39.4 Å². The number of aromatic nitrogens is 7. The summed E-state index contributed by atoms with van der Waals surface area (Å²) in [5, 5.41) is 17.5. The lowest BCUT2D eigenvalue weighted by Crippen LogP contribution is -2.10. The summed E-state index contributed by atoms with van der Waals surface area (Å²) >= 11 is 17.7. The van der Waals surface area contributed by atoms with Crippen LogP contribution in [0.4, 0.5) is 0 Å². The molecule has 4 rings (SSSR count). The number of hydrogen-bond donors (Lipinski definition) is 1. The molecule has 0 atom stereocenters. The van der Waals surface area contributed by atoms with Gasteiger partial charge >= 0.3 is 0 Å². The van der Waals surface area contributed by atoms with Crippen LogP contribution in [0.3, 0.4) is 0 Å². The first-order valence-electron chi connectivity index (χ1n) is 8.98. The molecule has 10 heteroatoms. The summed E-state index contributed by atoms with van der Waals surface area (Å²) in [7, 11) is 0. The normalized spacial score (nSPS) is 11.3. The first-order chi connectivity index (χ1) is 13.8. The van der Waals surface area contributed by atoms with Gasteiger partial charge in [-0.15, -0.1) is 0 Å². The fraction of sp³-hybridized carbons (Fsp3) is 0.263. The molecule has 0 amide bonds. The second-order valence-electron chi connectivity index (χ2n) is 6.86. The van der Waals surface area contributed by atoms with Crippen molar-refractivity contribution in [2.45, 2.75) is 33.9 Å². The van der Waals surface area contributed by atoms with Gasteiger partial charge in [-0.1, -0.05) is 29.3 Å². The van der Waals surface area contributed by atoms with E-state index in [-0.39, 0.29) is 0 Å². The highest BCUT2D eigenvalue weighted by Crippen LogP contribution is 2.25. The van der Waals surface area contributed by atoms with Crippen LogP contribution in [-0.2, 0) is 13.1 Å². The summed E-state index contributed by atoms with van der Waals surface area (Å²) < 4.78 is 6.21. The second kappa shape index (κ2) is 7.78. The molecular formula is C19H19Cl2N7S. The van der Waals surface area contributed by atoms with E-state index in [1.807, 2.05) is 59.1 Å². The molecule has 150 valence electrons. The lowest BCUT2D eigenvalue weighted by molar-refractivity contribution is 0.636. The average molecular weight is 448 g/mol. The molecule has 7 nitrogen and oxygen atoms in total. The Morgan fingerprint density at radius 3 is 2.52 bits per heavy atom. The molecule has 3 aromatic heterocycles. The van der Waals surface area contributed by atoms with Gasteiger partial charge in [0.2, 0.25) is 0 Å². The minimum atomic E-state index is 0.498. The van der Waals surface area contributed by atoms with E-state index in [1.165, 1.54) is 0 Å². The molecule has 0 aliphatic heterocycles. The topological polar surface area (TPSA) is 69.2 Å². The van der Waals surface area contributed by atoms with E-state index < -0.39 is 0 Å². The van der Waals surface area contributed by atoms with Crippen molar-refractivity contribution in [3.63, 3.8) is 0 Å². The second-order valence-corrected chi connectivity index (χ2v) is 8.06. The Morgan fingerprint density at radius 1 is 1.03 bits per heavy atom. The van der Waals surface area contributed by atoms with Crippen molar-refractivity contribution in [1.82, 2.24) is 34.3 Å². The summed E-state index contributed by atoms with van der Waals surface area (Å²) in [5.74, 6) is 0.762. The fourth-order valence-corrected chi connectivity index (χ4v) is 3.90. The smallest absolute Gasteiger partial charge is 0.200 e. The Morgan fingerprint density at radius 2 is 1.83 bits per heavy atom. The van der Waals surface area contributed by atoms with Crippen LogP contribution in [0.1, 0.15) is 28.5 Å². The maximum Gasteiger partial charge on any atom is 0.200 e. The first-order valence-corrected chi connectivity index (χ1v) is 10.1. The molecule has 0 aliphatic rings. The van der Waals surface area contributed by atoms with Gasteiger partial charge in [-0.05, 0) is 56.8 Å². The Bertz CT molecular complexity index is 1250. The summed E-state index contributed by atoms with van der Waals surface area (Å²) in [4.78, 5) is 0. The molecule has 29 heavy (non-hydrogen) atoms. The Labute approximate surface area is 182 Å². The minimum absolute atomic E-state index is 0.498. The highest BCUT2D eigenvalue weighted by Gasteiger charge is 2.19. The van der Waals surface area contributed by atoms with Crippen molar-refractivity contribution in [2.24, 2.45) is 0 Å². The lowest BCUT2D eigenvalue weighted by Gasteiger charge is -2.09. The Kier molecular flexibility index (Phi) is 5.33. The maximum absolute atomic E-state index is 6.16. The zero-order valence-corrected chi connectivity index (χ0v) is 18.5. The maximum atomic E-state index is 6.16. The summed E-state index contributed by atoms with van der Waals surface area (Å²) in [6, 6.07) is 7.55. The van der Waals surface area contributed by atoms with Gasteiger partial charge < -0.3 is 0 Å². The van der Waals surface area contributed by atoms with Crippen molar-refractivity contribution in [3.8, 4) is 5.69 Å². The number of halogens is 2. The summed E-state index contributed by atoms with van der Waals surface area (Å²) in [6.45, 7) is 7.00. The van der Waals surface area contributed by atoms with E-state index in [1.54, 1.807) is 6.07 Å². The minimum Gasteiger partial charge on any atom is -0.267 e. The molecule has 1 N–H and O–H groups in total. The van der Waals surface area contributed by atoms with E-state index >= 15 is 0 Å². The van der Waals surface area contributed by atoms with Gasteiger partial charge in [-0.25, -0.2) is 0 Å². The number of rotatable bonds is 5. The molecule has 0 bridgehead atoms. The molecule has 0 saturated heterocycles. The van der Waals surface area contributed by atoms with Crippen LogP contribution in [0, 0.1) is 25.5 Å². The fourth-order valence-electron chi connectivity index (χ4n) is 3.34. The molecule has 0 saturated carbocycles. The number of nitrogens with zero attached hydrogens (tertiary/aromatic N) is 6. The molecule has 0 spiro atoms. The molecule has 3 heterocycles. The zero-order chi connectivity index (χ0) is 20.7. The van der Waals surface area contributed by atoms with Crippen molar-refractivity contribution in [2.75, 3.05) is 0 Å². The van der Waals surface area contributed by atoms with E-state index in [9.17, 15) is 0 Å². The molecule has 0 radical (unpaired) electrons. The Hall–Kier alpha value is -2.42. The highest BCUT2D eigenvalue weighted by molar-refractivity contribution is 7.71. The van der Waals surface area contributed by atoms with Crippen molar-refractivity contribution in [3.05, 3.63) is 73.7 Å². The van der Waals surface area contributed by atoms with Gasteiger partial charge in [0.25, 0.3) is 0 Å². The molecular weight excluding hydrogens is 429 g/mol. The molecule has 0 aliphatic carbocycles. The van der Waals surface area contributed by atoms with Gasteiger partial charge in [-0.3, -0.25) is 19.0 Å². The number of aryl methyl sites for hydroxylation is 2. The SMILES string of the molecule is Cc1ccn(Cc2n[nH]c(=S)n2-c2c(C)nn(Cc3ccc(Cl)c(Cl)c3)c2C)n1. The highest BCUT2D eigenvalue weighted by atomic mass is 35.5. The van der Waals surface area contributed by atoms with E-state index in [0.717, 1.165) is 34.2 Å². The lowest BCUT2D eigenvalue weighted by atomic mass is 10.2. The predicted octanol–water partition coefficient (Wildman–Crippen LogP) is 4.65. The van der Waals surface area contributed by atoms with Crippen LogP contribution >= 0.6 is 35.4 Å². The third-order valence-corrected chi connectivity index (χ3v) is 5.72. The predicted molar refractivity (Wildman–Crippen MR) is 116 cm³/mol. The van der Waals surface area contributed by atoms with Gasteiger partial charge in [-0.2, -0.15) is 15.3 Å². The van der Waals surface area contributed by atoms with E-state index in [2.05, 4.69) is 15.3 Å². The first kappa shape index (κ1) is 19.9. The number of H-pyrrole nitrogens is 1. The van der Waals surface area contributed by atoms with Crippen molar-refractivity contribution >= 4 is 35.4 Å². The third-order valence-electron chi connectivity index (χ3n) is 4.70. The molecule has 0 fully saturated rings. The quantitative estimate of drug-likeness (QED) is 0.452. The van der Waals surface area contributed by atoms with Crippen molar-refractivity contribution < 1.29 is 0 Å². The van der Waals surface area contributed by atoms with Gasteiger partial charge in [0.15, 0.2) is 10.6 Å². The van der Waals surface area contributed by atoms with Crippen LogP contribution in [0.2, 0.25) is 10.0 Å². The van der Waals surface area contributed by atoms with Gasteiger partial charge in [0.1, 0.15) is 6.54 Å². The summed E-state index contributed by atoms with van der Waals surface area (Å²) in [6.07, 6.45) is 1.92. The van der Waals surface area contributed by atoms with Crippen LogP contribution in [0.15, 0.2) is 30.5 Å². The summed E-state index contributed by atoms with van der Waals surface area (Å²) in [5.41, 5.74) is 4.72. The standard InChI is InChI=1S/C19H19Cl2N7S/c1-11-6-7-26(24-11)10-17-22-23-19(29)28(17)18-12(2)25-27(13(18)3)9-14-4-5-15(20)16(21)8-14/h4-8H,9-10H2,1-3H3,(H,23,29). The third kappa shape index (κ3) is 3.88. The Balaban J connectivity index is 1.72. The van der Waals surface area contributed by atoms with Crippen LogP contribution in [0.5, 0.6) is 0 Å². The van der Waals surface area contributed by atoms with Gasteiger partial charge in [0, 0.05) is 6.20 Å². The van der Waals surface area contributed by atoms with E-state index in [4.69, 9.17) is 40.5 Å².